The Kier molecular flexibility index (Phi) is 3.06. The third-order valence-corrected chi connectivity index (χ3v) is 3.64. The van der Waals surface area contributed by atoms with Crippen molar-refractivity contribution >= 4 is 0 Å². The van der Waals surface area contributed by atoms with Crippen molar-refractivity contribution in [2.75, 3.05) is 13.7 Å². The molecule has 1 heterocycles. The van der Waals surface area contributed by atoms with Crippen LogP contribution in [-0.2, 0) is 14.2 Å². The quantitative estimate of drug-likeness (QED) is 0.716. The molecule has 3 unspecified atom stereocenters. The van der Waals surface area contributed by atoms with Crippen LogP contribution < -0.4 is 0 Å². The molecule has 0 aromatic heterocycles. The summed E-state index contributed by atoms with van der Waals surface area (Å²) in [6.45, 7) is 6.98. The Morgan fingerprint density at radius 2 is 2.20 bits per heavy atom. The van der Waals surface area contributed by atoms with Crippen molar-refractivity contribution in [2.45, 2.75) is 57.5 Å². The molecule has 0 aromatic carbocycles. The van der Waals surface area contributed by atoms with Crippen LogP contribution in [0.15, 0.2) is 0 Å². The van der Waals surface area contributed by atoms with Gasteiger partial charge in [0.1, 0.15) is 5.60 Å². The third kappa shape index (κ3) is 1.81. The van der Waals surface area contributed by atoms with Crippen LogP contribution in [0.5, 0.6) is 0 Å². The molecule has 4 atom stereocenters. The second kappa shape index (κ2) is 4.04. The van der Waals surface area contributed by atoms with Crippen LogP contribution in [-0.4, -0.2) is 37.6 Å². The maximum absolute atomic E-state index is 6.05. The third-order valence-electron chi connectivity index (χ3n) is 3.64. The SMILES string of the molecule is COCC12CCC(C(C)O1)[C@H]2OC(C)C. The van der Waals surface area contributed by atoms with Crippen molar-refractivity contribution in [3.8, 4) is 0 Å². The van der Waals surface area contributed by atoms with E-state index >= 15 is 0 Å². The zero-order chi connectivity index (χ0) is 11.1. The fourth-order valence-electron chi connectivity index (χ4n) is 3.11. The summed E-state index contributed by atoms with van der Waals surface area (Å²) < 4.78 is 17.4. The smallest absolute Gasteiger partial charge is 0.118 e. The largest absolute Gasteiger partial charge is 0.382 e. The van der Waals surface area contributed by atoms with Crippen LogP contribution in [0.2, 0.25) is 0 Å². The van der Waals surface area contributed by atoms with Crippen LogP contribution in [0, 0.1) is 5.92 Å². The van der Waals surface area contributed by atoms with Gasteiger partial charge in [-0.3, -0.25) is 0 Å². The second-order valence-electron chi connectivity index (χ2n) is 5.13. The summed E-state index contributed by atoms with van der Waals surface area (Å²) in [4.78, 5) is 0. The van der Waals surface area contributed by atoms with Gasteiger partial charge in [0.25, 0.3) is 0 Å². The van der Waals surface area contributed by atoms with E-state index in [-0.39, 0.29) is 17.8 Å². The molecule has 2 fully saturated rings. The van der Waals surface area contributed by atoms with Crippen LogP contribution >= 0.6 is 0 Å². The zero-order valence-corrected chi connectivity index (χ0v) is 10.2. The topological polar surface area (TPSA) is 27.7 Å². The molecule has 2 bridgehead atoms. The minimum atomic E-state index is -0.164. The molecule has 1 saturated heterocycles. The minimum Gasteiger partial charge on any atom is -0.382 e. The van der Waals surface area contributed by atoms with Gasteiger partial charge < -0.3 is 14.2 Å². The highest BCUT2D eigenvalue weighted by Crippen LogP contribution is 2.50. The van der Waals surface area contributed by atoms with Gasteiger partial charge in [-0.1, -0.05) is 0 Å². The summed E-state index contributed by atoms with van der Waals surface area (Å²) >= 11 is 0. The highest BCUT2D eigenvalue weighted by Gasteiger charge is 2.59. The predicted octanol–water partition coefficient (Wildman–Crippen LogP) is 1.99. The van der Waals surface area contributed by atoms with E-state index in [1.807, 2.05) is 0 Å². The number of hydrogen-bond donors (Lipinski definition) is 0. The van der Waals surface area contributed by atoms with Crippen molar-refractivity contribution in [1.29, 1.82) is 0 Å². The molecule has 1 saturated carbocycles. The molecule has 3 nitrogen and oxygen atoms in total. The molecule has 0 amide bonds. The van der Waals surface area contributed by atoms with Gasteiger partial charge >= 0.3 is 0 Å². The number of hydrogen-bond acceptors (Lipinski definition) is 3. The van der Waals surface area contributed by atoms with Crippen molar-refractivity contribution in [3.63, 3.8) is 0 Å². The van der Waals surface area contributed by atoms with Crippen molar-refractivity contribution in [3.05, 3.63) is 0 Å². The van der Waals surface area contributed by atoms with E-state index in [9.17, 15) is 0 Å². The molecule has 0 radical (unpaired) electrons. The number of rotatable bonds is 4. The molecule has 2 aliphatic rings. The summed E-state index contributed by atoms with van der Waals surface area (Å²) in [6, 6.07) is 0. The zero-order valence-electron chi connectivity index (χ0n) is 10.2. The lowest BCUT2D eigenvalue weighted by Crippen LogP contribution is -2.43. The van der Waals surface area contributed by atoms with Crippen LogP contribution in [0.1, 0.15) is 33.6 Å². The maximum atomic E-state index is 6.05. The standard InChI is InChI=1S/C12H22O3/c1-8(2)14-11-10-5-6-12(11,7-13-4)15-9(10)3/h8-11H,5-7H2,1-4H3/t9?,10?,11-,12?/m1/s1. The lowest BCUT2D eigenvalue weighted by Gasteiger charge is -2.31. The first-order chi connectivity index (χ1) is 7.09. The fraction of sp³-hybridized carbons (Fsp3) is 1.00. The van der Waals surface area contributed by atoms with Crippen LogP contribution in [0.4, 0.5) is 0 Å². The van der Waals surface area contributed by atoms with Gasteiger partial charge in [-0.15, -0.1) is 0 Å². The number of ether oxygens (including phenoxy) is 3. The van der Waals surface area contributed by atoms with Crippen LogP contribution in [0.25, 0.3) is 0 Å². The number of fused-ring (bicyclic) bond motifs is 2. The Morgan fingerprint density at radius 1 is 1.47 bits per heavy atom. The molecule has 0 N–H and O–H groups in total. The van der Waals surface area contributed by atoms with E-state index in [1.165, 1.54) is 6.42 Å². The Hall–Kier alpha value is -0.120. The van der Waals surface area contributed by atoms with Crippen molar-refractivity contribution in [1.82, 2.24) is 0 Å². The van der Waals surface area contributed by atoms with Gasteiger partial charge in [0.15, 0.2) is 0 Å². The Bertz CT molecular complexity index is 229. The normalized spacial score (nSPS) is 44.2. The van der Waals surface area contributed by atoms with Gasteiger partial charge in [-0.25, -0.2) is 0 Å². The molecule has 0 spiro atoms. The van der Waals surface area contributed by atoms with E-state index in [0.29, 0.717) is 18.6 Å². The first-order valence-corrected chi connectivity index (χ1v) is 5.91. The van der Waals surface area contributed by atoms with E-state index < -0.39 is 0 Å². The molecule has 1 aliphatic heterocycles. The molecular weight excluding hydrogens is 192 g/mol. The van der Waals surface area contributed by atoms with Crippen molar-refractivity contribution in [2.24, 2.45) is 5.92 Å². The second-order valence-corrected chi connectivity index (χ2v) is 5.13. The Labute approximate surface area is 92.1 Å². The van der Waals surface area contributed by atoms with Gasteiger partial charge in [0.2, 0.25) is 0 Å². The highest BCUT2D eigenvalue weighted by atomic mass is 16.6. The average Bonchev–Trinajstić information content (AvgIpc) is 2.56. The van der Waals surface area contributed by atoms with E-state index in [4.69, 9.17) is 14.2 Å². The van der Waals surface area contributed by atoms with Gasteiger partial charge in [0.05, 0.1) is 24.9 Å². The Morgan fingerprint density at radius 3 is 2.73 bits per heavy atom. The fourth-order valence-corrected chi connectivity index (χ4v) is 3.11. The first kappa shape index (κ1) is 11.4. The van der Waals surface area contributed by atoms with Crippen LogP contribution in [0.3, 0.4) is 0 Å². The monoisotopic (exact) mass is 214 g/mol. The summed E-state index contributed by atoms with van der Waals surface area (Å²) in [5.41, 5.74) is -0.164. The lowest BCUT2D eigenvalue weighted by atomic mass is 9.98. The summed E-state index contributed by atoms with van der Waals surface area (Å²) in [7, 11) is 1.74. The Balaban J connectivity index is 2.13. The molecule has 0 aromatic rings. The number of methoxy groups -OCH3 is 1. The van der Waals surface area contributed by atoms with E-state index in [2.05, 4.69) is 20.8 Å². The lowest BCUT2D eigenvalue weighted by molar-refractivity contribution is -0.140. The van der Waals surface area contributed by atoms with Gasteiger partial charge in [-0.2, -0.15) is 0 Å². The molecule has 15 heavy (non-hydrogen) atoms. The molecule has 88 valence electrons. The van der Waals surface area contributed by atoms with Gasteiger partial charge in [-0.05, 0) is 33.6 Å². The average molecular weight is 214 g/mol. The first-order valence-electron chi connectivity index (χ1n) is 5.91. The maximum Gasteiger partial charge on any atom is 0.118 e. The molecule has 2 rings (SSSR count). The molecule has 3 heteroatoms. The predicted molar refractivity (Wildman–Crippen MR) is 57.9 cm³/mol. The molecular formula is C12H22O3. The highest BCUT2D eigenvalue weighted by molar-refractivity contribution is 5.08. The van der Waals surface area contributed by atoms with Crippen molar-refractivity contribution < 1.29 is 14.2 Å². The summed E-state index contributed by atoms with van der Waals surface area (Å²) in [5, 5.41) is 0. The van der Waals surface area contributed by atoms with E-state index in [0.717, 1.165) is 6.42 Å². The van der Waals surface area contributed by atoms with E-state index in [1.54, 1.807) is 7.11 Å². The molecule has 1 aliphatic carbocycles. The summed E-state index contributed by atoms with van der Waals surface area (Å²) in [5.74, 6) is 0.558. The van der Waals surface area contributed by atoms with Gasteiger partial charge in [0, 0.05) is 13.0 Å². The summed E-state index contributed by atoms with van der Waals surface area (Å²) in [6.07, 6.45) is 3.10. The minimum absolute atomic E-state index is 0.164.